The molecule has 2 aliphatic heterocycles. The first-order valence-electron chi connectivity index (χ1n) is 10.0. The van der Waals surface area contributed by atoms with Gasteiger partial charge in [0.1, 0.15) is 48.8 Å². The highest BCUT2D eigenvalue weighted by Crippen LogP contribution is 2.26. The van der Waals surface area contributed by atoms with Crippen molar-refractivity contribution in [2.75, 3.05) is 34.0 Å². The average Bonchev–Trinajstić information content (AvgIpc) is 2.78. The van der Waals surface area contributed by atoms with Crippen LogP contribution < -0.4 is 0 Å². The van der Waals surface area contributed by atoms with E-state index < -0.39 is 80.9 Å². The second-order valence-corrected chi connectivity index (χ2v) is 7.42. The molecule has 184 valence electrons. The third-order valence-corrected chi connectivity index (χ3v) is 5.34. The Hall–Kier alpha value is -0.520. The lowest BCUT2D eigenvalue weighted by Crippen LogP contribution is -2.60. The number of hydrogen-bond donors (Lipinski definition) is 7. The summed E-state index contributed by atoms with van der Waals surface area (Å²) >= 11 is 0. The Morgan fingerprint density at radius 2 is 1.39 bits per heavy atom. The highest BCUT2D eigenvalue weighted by molar-refractivity contribution is 4.90. The smallest absolute Gasteiger partial charge is 0.189 e. The van der Waals surface area contributed by atoms with Crippen LogP contribution in [-0.2, 0) is 28.4 Å². The molecule has 0 spiro atoms. The van der Waals surface area contributed by atoms with E-state index in [2.05, 4.69) is 0 Å². The summed E-state index contributed by atoms with van der Waals surface area (Å²) in [5, 5.41) is 68.6. The maximum Gasteiger partial charge on any atom is 0.189 e. The molecule has 0 bridgehead atoms. The van der Waals surface area contributed by atoms with Crippen LogP contribution in [0.25, 0.3) is 0 Å². The number of aliphatic hydroxyl groups excluding tert-OH is 7. The van der Waals surface area contributed by atoms with E-state index >= 15 is 0 Å². The lowest BCUT2D eigenvalue weighted by Gasteiger charge is -2.41. The van der Waals surface area contributed by atoms with Crippen molar-refractivity contribution in [1.82, 2.24) is 0 Å². The fraction of sp³-hybridized carbons (Fsp3) is 1.00. The molecule has 2 unspecified atom stereocenters. The largest absolute Gasteiger partial charge is 0.394 e. The van der Waals surface area contributed by atoms with Crippen molar-refractivity contribution < 1.29 is 64.2 Å². The van der Waals surface area contributed by atoms with Crippen LogP contribution in [0.1, 0.15) is 12.8 Å². The third-order valence-electron chi connectivity index (χ3n) is 5.34. The van der Waals surface area contributed by atoms with Crippen molar-refractivity contribution in [2.24, 2.45) is 0 Å². The quantitative estimate of drug-likeness (QED) is 0.117. The van der Waals surface area contributed by atoms with E-state index in [0.717, 1.165) is 0 Å². The molecule has 2 heterocycles. The normalized spacial score (nSPS) is 42.5. The van der Waals surface area contributed by atoms with E-state index in [1.165, 1.54) is 14.2 Å². The van der Waals surface area contributed by atoms with Gasteiger partial charge in [0.25, 0.3) is 0 Å². The van der Waals surface area contributed by atoms with Gasteiger partial charge in [-0.25, -0.2) is 0 Å². The lowest BCUT2D eigenvalue weighted by molar-refractivity contribution is -0.335. The van der Waals surface area contributed by atoms with E-state index in [-0.39, 0.29) is 13.0 Å². The van der Waals surface area contributed by atoms with Gasteiger partial charge >= 0.3 is 0 Å². The first-order chi connectivity index (χ1) is 14.8. The van der Waals surface area contributed by atoms with Crippen LogP contribution in [0.2, 0.25) is 0 Å². The Morgan fingerprint density at radius 1 is 0.774 bits per heavy atom. The van der Waals surface area contributed by atoms with Crippen molar-refractivity contribution in [1.29, 1.82) is 0 Å². The topological polar surface area (TPSA) is 197 Å². The Morgan fingerprint density at radius 3 is 1.97 bits per heavy atom. The third kappa shape index (κ3) is 6.51. The van der Waals surface area contributed by atoms with E-state index in [1.807, 2.05) is 0 Å². The van der Waals surface area contributed by atoms with Crippen molar-refractivity contribution in [2.45, 2.75) is 80.5 Å². The van der Waals surface area contributed by atoms with Crippen LogP contribution in [0.5, 0.6) is 0 Å². The molecule has 2 aliphatic rings. The molecule has 2 rings (SSSR count). The van der Waals surface area contributed by atoms with Gasteiger partial charge in [-0.15, -0.1) is 0 Å². The molecule has 0 aromatic rings. The summed E-state index contributed by atoms with van der Waals surface area (Å²) in [6, 6.07) is 0. The van der Waals surface area contributed by atoms with E-state index in [4.69, 9.17) is 28.4 Å². The van der Waals surface area contributed by atoms with E-state index in [1.54, 1.807) is 0 Å². The second-order valence-electron chi connectivity index (χ2n) is 7.42. The zero-order chi connectivity index (χ0) is 23.1. The molecule has 13 heteroatoms. The summed E-state index contributed by atoms with van der Waals surface area (Å²) in [6.07, 6.45) is -13.0. The molecule has 31 heavy (non-hydrogen) atoms. The minimum atomic E-state index is -1.57. The van der Waals surface area contributed by atoms with Crippen molar-refractivity contribution >= 4 is 0 Å². The zero-order valence-electron chi connectivity index (χ0n) is 17.5. The molecule has 2 saturated heterocycles. The first kappa shape index (κ1) is 26.7. The van der Waals surface area contributed by atoms with Crippen molar-refractivity contribution in [3.05, 3.63) is 0 Å². The van der Waals surface area contributed by atoms with Crippen LogP contribution in [0.15, 0.2) is 0 Å². The van der Waals surface area contributed by atoms with Gasteiger partial charge in [-0.05, 0) is 6.42 Å². The summed E-state index contributed by atoms with van der Waals surface area (Å²) in [4.78, 5) is 0. The Kier molecular flexibility index (Phi) is 10.9. The number of ether oxygens (including phenoxy) is 6. The SMILES string of the molecule is COC(CCCO[C@H]1[C@H](O)[C@@H](O)[C@@H](OC)O[C@@H]1CO)OC1O[C@H](CO)[C@@H](O)[C@H](O)[C@H]1O. The van der Waals surface area contributed by atoms with E-state index in [9.17, 15) is 35.7 Å². The highest BCUT2D eigenvalue weighted by Gasteiger charge is 2.46. The molecule has 0 aliphatic carbocycles. The molecule has 13 nitrogen and oxygen atoms in total. The van der Waals surface area contributed by atoms with Gasteiger partial charge < -0.3 is 64.2 Å². The van der Waals surface area contributed by atoms with Crippen LogP contribution >= 0.6 is 0 Å². The molecule has 0 amide bonds. The molecule has 0 aromatic heterocycles. The number of hydrogen-bond acceptors (Lipinski definition) is 13. The molecule has 0 saturated carbocycles. The van der Waals surface area contributed by atoms with Crippen LogP contribution in [-0.4, -0.2) is 137 Å². The molecular formula is C18H34O13. The molecule has 0 radical (unpaired) electrons. The highest BCUT2D eigenvalue weighted by atomic mass is 16.8. The fourth-order valence-corrected chi connectivity index (χ4v) is 3.49. The molecule has 2 fully saturated rings. The van der Waals surface area contributed by atoms with Gasteiger partial charge in [-0.2, -0.15) is 0 Å². The minimum absolute atomic E-state index is 0.0872. The van der Waals surface area contributed by atoms with Crippen LogP contribution in [0, 0.1) is 0 Å². The maximum atomic E-state index is 10.2. The van der Waals surface area contributed by atoms with Gasteiger partial charge in [-0.3, -0.25) is 0 Å². The first-order valence-corrected chi connectivity index (χ1v) is 10.0. The molecular weight excluding hydrogens is 424 g/mol. The number of rotatable bonds is 11. The monoisotopic (exact) mass is 458 g/mol. The minimum Gasteiger partial charge on any atom is -0.394 e. The Labute approximate surface area is 179 Å². The Bertz CT molecular complexity index is 507. The number of methoxy groups -OCH3 is 2. The standard InChI is InChI=1S/C18H34O13/c1-26-10(31-18-14(24)12(22)11(21)8(6-19)29-18)4-3-5-28-16-9(7-20)30-17(27-2)15(25)13(16)23/h8-25H,3-7H2,1-2H3/t8-,9-,10?,11-,12+,13-,14-,15-,16-,17+,18?/m1/s1. The van der Waals surface area contributed by atoms with Gasteiger partial charge in [-0.1, -0.05) is 0 Å². The second kappa shape index (κ2) is 12.6. The predicted molar refractivity (Wildman–Crippen MR) is 99.4 cm³/mol. The maximum absolute atomic E-state index is 10.2. The van der Waals surface area contributed by atoms with Crippen molar-refractivity contribution in [3.63, 3.8) is 0 Å². The average molecular weight is 458 g/mol. The van der Waals surface area contributed by atoms with Crippen LogP contribution in [0.4, 0.5) is 0 Å². The predicted octanol–water partition coefficient (Wildman–Crippen LogP) is -3.97. The fourth-order valence-electron chi connectivity index (χ4n) is 3.49. The zero-order valence-corrected chi connectivity index (χ0v) is 17.5. The van der Waals surface area contributed by atoms with Gasteiger partial charge in [0.2, 0.25) is 0 Å². The Balaban J connectivity index is 1.82. The van der Waals surface area contributed by atoms with Gasteiger partial charge in [0, 0.05) is 27.2 Å². The van der Waals surface area contributed by atoms with Gasteiger partial charge in [0.15, 0.2) is 18.9 Å². The molecule has 0 aromatic carbocycles. The number of aliphatic hydroxyl groups is 7. The summed E-state index contributed by atoms with van der Waals surface area (Å²) in [5.41, 5.74) is 0. The van der Waals surface area contributed by atoms with Crippen molar-refractivity contribution in [3.8, 4) is 0 Å². The molecule has 11 atom stereocenters. The lowest BCUT2D eigenvalue weighted by atomic mass is 9.99. The summed E-state index contributed by atoms with van der Waals surface area (Å²) < 4.78 is 31.8. The van der Waals surface area contributed by atoms with E-state index in [0.29, 0.717) is 6.42 Å². The van der Waals surface area contributed by atoms with Gasteiger partial charge in [0.05, 0.1) is 13.2 Å². The molecule has 7 N–H and O–H groups in total. The summed E-state index contributed by atoms with van der Waals surface area (Å²) in [7, 11) is 2.66. The summed E-state index contributed by atoms with van der Waals surface area (Å²) in [5.74, 6) is 0. The van der Waals surface area contributed by atoms with Crippen LogP contribution in [0.3, 0.4) is 0 Å². The summed E-state index contributed by atoms with van der Waals surface area (Å²) in [6.45, 7) is -0.942.